The van der Waals surface area contributed by atoms with E-state index >= 15 is 0 Å². The number of carbonyl (C=O) groups excluding carboxylic acids is 1. The van der Waals surface area contributed by atoms with Gasteiger partial charge in [0.1, 0.15) is 5.92 Å². The molecule has 3 nitrogen and oxygen atoms in total. The van der Waals surface area contributed by atoms with Crippen LogP contribution >= 0.6 is 0 Å². The van der Waals surface area contributed by atoms with Crippen LogP contribution in [0.1, 0.15) is 13.8 Å². The number of Topliss-reactive ketones (excluding diaryl/α,β-unsaturated/α-hetero) is 1. The summed E-state index contributed by atoms with van der Waals surface area (Å²) in [6.45, 7) is 2.20. The van der Waals surface area contributed by atoms with E-state index < -0.39 is 23.8 Å². The predicted molar refractivity (Wildman–Crippen MR) is 32.4 cm³/mol. The monoisotopic (exact) mass is 148 g/mol. The third-order valence-corrected chi connectivity index (χ3v) is 1.19. The van der Waals surface area contributed by atoms with Crippen molar-refractivity contribution in [2.24, 2.45) is 5.92 Å². The summed E-state index contributed by atoms with van der Waals surface area (Å²) >= 11 is 0. The lowest BCUT2D eigenvalue weighted by Gasteiger charge is -2.04. The maximum Gasteiger partial charge on any atom is 0.313 e. The number of carboxylic acids is 1. The van der Waals surface area contributed by atoms with E-state index in [9.17, 15) is 14.0 Å². The zero-order chi connectivity index (χ0) is 8.31. The zero-order valence-electron chi connectivity index (χ0n) is 5.80. The van der Waals surface area contributed by atoms with Gasteiger partial charge in [0, 0.05) is 0 Å². The Morgan fingerprint density at radius 2 is 1.80 bits per heavy atom. The van der Waals surface area contributed by atoms with Gasteiger partial charge in [0.15, 0.2) is 12.0 Å². The van der Waals surface area contributed by atoms with E-state index in [2.05, 4.69) is 0 Å². The molecule has 0 aliphatic carbocycles. The van der Waals surface area contributed by atoms with Crippen molar-refractivity contribution >= 4 is 11.8 Å². The highest BCUT2D eigenvalue weighted by molar-refractivity contribution is 5.99. The van der Waals surface area contributed by atoms with Crippen LogP contribution in [0.5, 0.6) is 0 Å². The molecule has 0 aromatic rings. The van der Waals surface area contributed by atoms with Gasteiger partial charge < -0.3 is 5.11 Å². The standard InChI is InChI=1S/C6H9FO3/c1-3(6(9)10)5(8)4(2)7/h3-4H,1-2H3,(H,9,10). The van der Waals surface area contributed by atoms with E-state index in [1.54, 1.807) is 0 Å². The Morgan fingerprint density at radius 1 is 1.40 bits per heavy atom. The molecule has 58 valence electrons. The molecule has 0 bridgehead atoms. The van der Waals surface area contributed by atoms with Gasteiger partial charge in [-0.1, -0.05) is 0 Å². The van der Waals surface area contributed by atoms with E-state index in [0.717, 1.165) is 6.92 Å². The Hall–Kier alpha value is -0.930. The summed E-state index contributed by atoms with van der Waals surface area (Å²) in [4.78, 5) is 20.6. The molecule has 0 aromatic carbocycles. The van der Waals surface area contributed by atoms with Crippen molar-refractivity contribution in [1.29, 1.82) is 0 Å². The van der Waals surface area contributed by atoms with E-state index in [-0.39, 0.29) is 0 Å². The van der Waals surface area contributed by atoms with E-state index in [1.807, 2.05) is 0 Å². The second kappa shape index (κ2) is 3.29. The van der Waals surface area contributed by atoms with Crippen molar-refractivity contribution in [2.45, 2.75) is 20.0 Å². The quantitative estimate of drug-likeness (QED) is 0.597. The molecule has 0 fully saturated rings. The van der Waals surface area contributed by atoms with Crippen LogP contribution in [0.4, 0.5) is 4.39 Å². The number of hydrogen-bond donors (Lipinski definition) is 1. The molecule has 10 heavy (non-hydrogen) atoms. The molecule has 0 aromatic heterocycles. The van der Waals surface area contributed by atoms with Crippen LogP contribution in [-0.2, 0) is 9.59 Å². The molecule has 0 saturated heterocycles. The second-order valence-electron chi connectivity index (χ2n) is 2.08. The van der Waals surface area contributed by atoms with Crippen molar-refractivity contribution in [3.05, 3.63) is 0 Å². The van der Waals surface area contributed by atoms with Crippen LogP contribution in [0.25, 0.3) is 0 Å². The average molecular weight is 148 g/mol. The second-order valence-corrected chi connectivity index (χ2v) is 2.08. The molecule has 2 unspecified atom stereocenters. The minimum Gasteiger partial charge on any atom is -0.481 e. The number of rotatable bonds is 3. The molecule has 0 radical (unpaired) electrons. The van der Waals surface area contributed by atoms with Crippen molar-refractivity contribution < 1.29 is 19.1 Å². The van der Waals surface area contributed by atoms with Crippen LogP contribution in [0.2, 0.25) is 0 Å². The maximum absolute atomic E-state index is 12.1. The first kappa shape index (κ1) is 9.07. The third-order valence-electron chi connectivity index (χ3n) is 1.19. The average Bonchev–Trinajstić information content (AvgIpc) is 1.84. The molecule has 0 spiro atoms. The largest absolute Gasteiger partial charge is 0.481 e. The molecule has 1 N–H and O–H groups in total. The zero-order valence-corrected chi connectivity index (χ0v) is 5.80. The third kappa shape index (κ3) is 2.13. The summed E-state index contributed by atoms with van der Waals surface area (Å²) in [5, 5.41) is 8.21. The van der Waals surface area contributed by atoms with Crippen molar-refractivity contribution in [1.82, 2.24) is 0 Å². The molecule has 0 rings (SSSR count). The summed E-state index contributed by atoms with van der Waals surface area (Å²) < 4.78 is 12.1. The fourth-order valence-electron chi connectivity index (χ4n) is 0.466. The minimum atomic E-state index is -1.69. The Morgan fingerprint density at radius 3 is 1.90 bits per heavy atom. The van der Waals surface area contributed by atoms with Crippen LogP contribution in [-0.4, -0.2) is 23.0 Å². The van der Waals surface area contributed by atoms with Gasteiger partial charge in [-0.25, -0.2) is 4.39 Å². The van der Waals surface area contributed by atoms with Crippen molar-refractivity contribution in [2.75, 3.05) is 0 Å². The van der Waals surface area contributed by atoms with Crippen molar-refractivity contribution in [3.8, 4) is 0 Å². The molecule has 2 atom stereocenters. The van der Waals surface area contributed by atoms with E-state index in [4.69, 9.17) is 5.11 Å². The molecule has 0 aliphatic rings. The van der Waals surface area contributed by atoms with Crippen molar-refractivity contribution in [3.63, 3.8) is 0 Å². The highest BCUT2D eigenvalue weighted by Gasteiger charge is 2.24. The lowest BCUT2D eigenvalue weighted by Crippen LogP contribution is -2.26. The van der Waals surface area contributed by atoms with Crippen LogP contribution in [0.3, 0.4) is 0 Å². The predicted octanol–water partition coefficient (Wildman–Crippen LogP) is 0.634. The summed E-state index contributed by atoms with van der Waals surface area (Å²) in [6, 6.07) is 0. The van der Waals surface area contributed by atoms with E-state index in [0.29, 0.717) is 0 Å². The lowest BCUT2D eigenvalue weighted by atomic mass is 10.0. The molecule has 0 heterocycles. The van der Waals surface area contributed by atoms with Gasteiger partial charge in [-0.2, -0.15) is 0 Å². The normalized spacial score (nSPS) is 15.9. The molecular formula is C6H9FO3. The van der Waals surface area contributed by atoms with Gasteiger partial charge in [0.25, 0.3) is 0 Å². The van der Waals surface area contributed by atoms with Crippen LogP contribution in [0.15, 0.2) is 0 Å². The van der Waals surface area contributed by atoms with Gasteiger partial charge >= 0.3 is 5.97 Å². The number of carbonyl (C=O) groups is 2. The first-order valence-corrected chi connectivity index (χ1v) is 2.87. The number of ketones is 1. The SMILES string of the molecule is CC(F)C(=O)C(C)C(=O)O. The minimum absolute atomic E-state index is 0.882. The van der Waals surface area contributed by atoms with Gasteiger partial charge in [-0.15, -0.1) is 0 Å². The fraction of sp³-hybridized carbons (Fsp3) is 0.667. The summed E-state index contributed by atoms with van der Waals surface area (Å²) in [5.74, 6) is -3.40. The number of alkyl halides is 1. The number of hydrogen-bond acceptors (Lipinski definition) is 2. The topological polar surface area (TPSA) is 54.4 Å². The van der Waals surface area contributed by atoms with Crippen LogP contribution < -0.4 is 0 Å². The maximum atomic E-state index is 12.1. The first-order chi connectivity index (χ1) is 4.46. The van der Waals surface area contributed by atoms with Crippen LogP contribution in [0, 0.1) is 5.92 Å². The van der Waals surface area contributed by atoms with Gasteiger partial charge in [-0.3, -0.25) is 9.59 Å². The highest BCUT2D eigenvalue weighted by Crippen LogP contribution is 2.03. The van der Waals surface area contributed by atoms with Gasteiger partial charge in [0.2, 0.25) is 0 Å². The number of halogens is 1. The Labute approximate surface area is 57.8 Å². The van der Waals surface area contributed by atoms with E-state index in [1.165, 1.54) is 6.92 Å². The Balaban J connectivity index is 4.08. The highest BCUT2D eigenvalue weighted by atomic mass is 19.1. The first-order valence-electron chi connectivity index (χ1n) is 2.87. The van der Waals surface area contributed by atoms with Gasteiger partial charge in [0.05, 0.1) is 0 Å². The smallest absolute Gasteiger partial charge is 0.313 e. The molecule has 0 saturated carbocycles. The lowest BCUT2D eigenvalue weighted by molar-refractivity contribution is -0.146. The Bertz CT molecular complexity index is 153. The number of carboxylic acid groups (broad SMARTS) is 1. The number of aliphatic carboxylic acids is 1. The van der Waals surface area contributed by atoms with Gasteiger partial charge in [-0.05, 0) is 13.8 Å². The fourth-order valence-corrected chi connectivity index (χ4v) is 0.466. The Kier molecular flexibility index (Phi) is 2.99. The molecule has 0 amide bonds. The molecule has 0 aliphatic heterocycles. The molecular weight excluding hydrogens is 139 g/mol. The molecule has 4 heteroatoms. The summed E-state index contributed by atoms with van der Waals surface area (Å²) in [7, 11) is 0. The summed E-state index contributed by atoms with van der Waals surface area (Å²) in [5.41, 5.74) is 0. The summed E-state index contributed by atoms with van der Waals surface area (Å²) in [6.07, 6.45) is -1.69.